The third-order valence-corrected chi connectivity index (χ3v) is 4.76. The van der Waals surface area contributed by atoms with Crippen molar-refractivity contribution in [3.8, 4) is 11.5 Å². The Balaban J connectivity index is 2.23. The number of ketones is 1. The van der Waals surface area contributed by atoms with Gasteiger partial charge in [0.25, 0.3) is 5.91 Å². The van der Waals surface area contributed by atoms with Crippen molar-refractivity contribution >= 4 is 17.8 Å². The van der Waals surface area contributed by atoms with Crippen LogP contribution in [0.3, 0.4) is 0 Å². The molecule has 0 aliphatic heterocycles. The molecule has 2 aromatic carbocycles. The third-order valence-electron chi connectivity index (χ3n) is 4.76. The van der Waals surface area contributed by atoms with E-state index >= 15 is 0 Å². The van der Waals surface area contributed by atoms with Crippen LogP contribution in [-0.2, 0) is 0 Å². The van der Waals surface area contributed by atoms with Gasteiger partial charge in [0.05, 0.1) is 18.8 Å². The molecular weight excluding hydrogens is 390 g/mol. The maximum Gasteiger partial charge on any atom is 0.253 e. The summed E-state index contributed by atoms with van der Waals surface area (Å²) >= 11 is 0. The van der Waals surface area contributed by atoms with Crippen LogP contribution in [0.5, 0.6) is 11.5 Å². The van der Waals surface area contributed by atoms with Gasteiger partial charge in [0.15, 0.2) is 5.78 Å². The maximum atomic E-state index is 12.7. The van der Waals surface area contributed by atoms with Gasteiger partial charge in [-0.1, -0.05) is 44.9 Å². The van der Waals surface area contributed by atoms with E-state index in [1.54, 1.807) is 44.4 Å². The Morgan fingerprint density at radius 3 is 1.84 bits per heavy atom. The Morgan fingerprint density at radius 2 is 1.35 bits per heavy atom. The summed E-state index contributed by atoms with van der Waals surface area (Å²) in [5.74, 6) is 1.17. The van der Waals surface area contributed by atoms with Crippen molar-refractivity contribution < 1.29 is 19.1 Å². The number of nitrogens with zero attached hydrogens (tertiary/aromatic N) is 1. The van der Waals surface area contributed by atoms with Crippen LogP contribution in [0, 0.1) is 0 Å². The minimum atomic E-state index is -0.147. The molecule has 31 heavy (non-hydrogen) atoms. The van der Waals surface area contributed by atoms with E-state index in [-0.39, 0.29) is 11.7 Å². The summed E-state index contributed by atoms with van der Waals surface area (Å²) in [7, 11) is 3.40. The monoisotopic (exact) mass is 423 g/mol. The molecule has 0 saturated carbocycles. The van der Waals surface area contributed by atoms with Crippen LogP contribution in [0.1, 0.15) is 65.8 Å². The first-order valence-electron chi connectivity index (χ1n) is 10.9. The van der Waals surface area contributed by atoms with Gasteiger partial charge in [0.2, 0.25) is 0 Å². The summed E-state index contributed by atoms with van der Waals surface area (Å²) in [6, 6.07) is 12.4. The second-order valence-electron chi connectivity index (χ2n) is 7.55. The molecule has 0 atom stereocenters. The molecule has 0 unspecified atom stereocenters. The molecule has 0 aliphatic rings. The van der Waals surface area contributed by atoms with Gasteiger partial charge in [-0.2, -0.15) is 0 Å². The lowest BCUT2D eigenvalue weighted by atomic mass is 10.1. The van der Waals surface area contributed by atoms with Gasteiger partial charge >= 0.3 is 0 Å². The minimum Gasteiger partial charge on any atom is -0.493 e. The standard InChI is InChI=1S/C26H33NO4/c1-5-7-18-30-24-10-9-11-25(31-19-8-6-2)22(24)16-17-23(28)20-12-14-21(15-13-20)26(29)27(3)4/h9-17H,5-8,18-19H2,1-4H3. The van der Waals surface area contributed by atoms with Gasteiger partial charge in [-0.25, -0.2) is 0 Å². The molecule has 0 aromatic heterocycles. The first kappa shape index (κ1) is 24.2. The van der Waals surface area contributed by atoms with Crippen molar-refractivity contribution in [1.82, 2.24) is 4.90 Å². The number of benzene rings is 2. The third kappa shape index (κ3) is 7.28. The first-order chi connectivity index (χ1) is 15.0. The lowest BCUT2D eigenvalue weighted by Gasteiger charge is -2.14. The largest absolute Gasteiger partial charge is 0.493 e. The van der Waals surface area contributed by atoms with E-state index in [1.165, 1.54) is 11.0 Å². The van der Waals surface area contributed by atoms with E-state index in [0.29, 0.717) is 35.8 Å². The second-order valence-corrected chi connectivity index (χ2v) is 7.55. The van der Waals surface area contributed by atoms with E-state index in [9.17, 15) is 9.59 Å². The summed E-state index contributed by atoms with van der Waals surface area (Å²) in [5.41, 5.74) is 1.83. The van der Waals surface area contributed by atoms with Gasteiger partial charge in [-0.3, -0.25) is 9.59 Å². The molecule has 2 aromatic rings. The topological polar surface area (TPSA) is 55.8 Å². The smallest absolute Gasteiger partial charge is 0.253 e. The number of unbranched alkanes of at least 4 members (excludes halogenated alkanes) is 2. The molecule has 5 nitrogen and oxygen atoms in total. The lowest BCUT2D eigenvalue weighted by Crippen LogP contribution is -2.21. The number of amides is 1. The Hall–Kier alpha value is -3.08. The SMILES string of the molecule is CCCCOc1cccc(OCCCC)c1C=CC(=O)c1ccc(C(=O)N(C)C)cc1. The number of ether oxygens (including phenoxy) is 2. The number of hydrogen-bond acceptors (Lipinski definition) is 4. The van der Waals surface area contributed by atoms with Crippen LogP contribution in [0.2, 0.25) is 0 Å². The molecule has 0 saturated heterocycles. The molecule has 0 bridgehead atoms. The lowest BCUT2D eigenvalue weighted by molar-refractivity contribution is 0.0827. The molecule has 5 heteroatoms. The fraction of sp³-hybridized carbons (Fsp3) is 0.385. The molecule has 0 N–H and O–H groups in total. The van der Waals surface area contributed by atoms with Gasteiger partial charge < -0.3 is 14.4 Å². The molecule has 0 aliphatic carbocycles. The molecule has 0 fully saturated rings. The van der Waals surface area contributed by atoms with Crippen LogP contribution in [0.25, 0.3) is 6.08 Å². The number of allylic oxidation sites excluding steroid dienone is 1. The predicted octanol–water partition coefficient (Wildman–Crippen LogP) is 5.64. The van der Waals surface area contributed by atoms with E-state index in [1.807, 2.05) is 18.2 Å². The second kappa shape index (κ2) is 12.6. The average molecular weight is 424 g/mol. The van der Waals surface area contributed by atoms with Crippen molar-refractivity contribution in [3.05, 3.63) is 65.2 Å². The summed E-state index contributed by atoms with van der Waals surface area (Å²) in [5, 5.41) is 0. The first-order valence-corrected chi connectivity index (χ1v) is 10.9. The minimum absolute atomic E-state index is 0.0958. The fourth-order valence-electron chi connectivity index (χ4n) is 2.88. The highest BCUT2D eigenvalue weighted by atomic mass is 16.5. The van der Waals surface area contributed by atoms with Crippen LogP contribution < -0.4 is 9.47 Å². The van der Waals surface area contributed by atoms with Gasteiger partial charge in [0, 0.05) is 25.2 Å². The Kier molecular flexibility index (Phi) is 9.82. The van der Waals surface area contributed by atoms with E-state index in [2.05, 4.69) is 13.8 Å². The van der Waals surface area contributed by atoms with Crippen molar-refractivity contribution in [2.24, 2.45) is 0 Å². The molecular formula is C26H33NO4. The molecule has 0 heterocycles. The number of hydrogen-bond donors (Lipinski definition) is 0. The van der Waals surface area contributed by atoms with E-state index < -0.39 is 0 Å². The predicted molar refractivity (Wildman–Crippen MR) is 125 cm³/mol. The fourth-order valence-corrected chi connectivity index (χ4v) is 2.88. The maximum absolute atomic E-state index is 12.7. The zero-order valence-corrected chi connectivity index (χ0v) is 19.0. The van der Waals surface area contributed by atoms with Crippen LogP contribution in [0.4, 0.5) is 0 Å². The van der Waals surface area contributed by atoms with Crippen LogP contribution in [0.15, 0.2) is 48.5 Å². The normalized spacial score (nSPS) is 10.8. The molecule has 1 amide bonds. The van der Waals surface area contributed by atoms with Gasteiger partial charge in [0.1, 0.15) is 11.5 Å². The average Bonchev–Trinajstić information content (AvgIpc) is 2.78. The van der Waals surface area contributed by atoms with Crippen molar-refractivity contribution in [3.63, 3.8) is 0 Å². The number of carbonyl (C=O) groups is 2. The Labute approximate surface area is 185 Å². The highest BCUT2D eigenvalue weighted by molar-refractivity contribution is 6.07. The summed E-state index contributed by atoms with van der Waals surface area (Å²) in [6.45, 7) is 5.46. The molecule has 2 rings (SSSR count). The Bertz CT molecular complexity index is 857. The Morgan fingerprint density at radius 1 is 0.839 bits per heavy atom. The van der Waals surface area contributed by atoms with E-state index in [4.69, 9.17) is 9.47 Å². The molecule has 0 radical (unpaired) electrons. The molecule has 166 valence electrons. The van der Waals surface area contributed by atoms with Gasteiger partial charge in [-0.15, -0.1) is 0 Å². The highest BCUT2D eigenvalue weighted by Crippen LogP contribution is 2.30. The van der Waals surface area contributed by atoms with Crippen molar-refractivity contribution in [1.29, 1.82) is 0 Å². The number of carbonyl (C=O) groups excluding carboxylic acids is 2. The van der Waals surface area contributed by atoms with Crippen molar-refractivity contribution in [2.75, 3.05) is 27.3 Å². The van der Waals surface area contributed by atoms with E-state index in [0.717, 1.165) is 31.2 Å². The van der Waals surface area contributed by atoms with Crippen LogP contribution >= 0.6 is 0 Å². The van der Waals surface area contributed by atoms with Crippen molar-refractivity contribution in [2.45, 2.75) is 39.5 Å². The molecule has 0 spiro atoms. The summed E-state index contributed by atoms with van der Waals surface area (Å²) < 4.78 is 11.9. The van der Waals surface area contributed by atoms with Crippen LogP contribution in [-0.4, -0.2) is 43.9 Å². The summed E-state index contributed by atoms with van der Waals surface area (Å²) in [6.07, 6.45) is 7.29. The highest BCUT2D eigenvalue weighted by Gasteiger charge is 2.11. The zero-order valence-electron chi connectivity index (χ0n) is 19.0. The number of rotatable bonds is 12. The summed E-state index contributed by atoms with van der Waals surface area (Å²) in [4.78, 5) is 26.2. The van der Waals surface area contributed by atoms with Gasteiger partial charge in [-0.05, 0) is 49.3 Å². The quantitative estimate of drug-likeness (QED) is 0.252. The zero-order chi connectivity index (χ0) is 22.6.